The zero-order chi connectivity index (χ0) is 10.1. The summed E-state index contributed by atoms with van der Waals surface area (Å²) in [5.41, 5.74) is 7.43. The van der Waals surface area contributed by atoms with Gasteiger partial charge in [0.15, 0.2) is 5.58 Å². The molecule has 14 heavy (non-hydrogen) atoms. The van der Waals surface area contributed by atoms with Crippen LogP contribution in [0, 0.1) is 0 Å². The normalized spacial score (nSPS) is 13.3. The van der Waals surface area contributed by atoms with Crippen LogP contribution in [0.3, 0.4) is 0 Å². The van der Waals surface area contributed by atoms with Gasteiger partial charge < -0.3 is 15.3 Å². The Bertz CT molecular complexity index is 500. The molecule has 4 N–H and O–H groups in total. The van der Waals surface area contributed by atoms with Gasteiger partial charge >= 0.3 is 5.76 Å². The third-order valence-corrected chi connectivity index (χ3v) is 2.07. The maximum Gasteiger partial charge on any atom is 0.417 e. The van der Waals surface area contributed by atoms with Crippen molar-refractivity contribution in [3.05, 3.63) is 34.3 Å². The molecule has 0 aliphatic carbocycles. The fourth-order valence-electron chi connectivity index (χ4n) is 1.30. The molecule has 1 heterocycles. The fourth-order valence-corrected chi connectivity index (χ4v) is 1.30. The minimum atomic E-state index is -0.491. The predicted molar refractivity (Wildman–Crippen MR) is 50.8 cm³/mol. The number of aromatic nitrogens is 1. The van der Waals surface area contributed by atoms with Crippen molar-refractivity contribution in [2.75, 3.05) is 6.61 Å². The van der Waals surface area contributed by atoms with E-state index in [9.17, 15) is 4.79 Å². The topological polar surface area (TPSA) is 92.2 Å². The summed E-state index contributed by atoms with van der Waals surface area (Å²) in [6.07, 6.45) is 0. The Kier molecular flexibility index (Phi) is 2.11. The summed E-state index contributed by atoms with van der Waals surface area (Å²) in [6.45, 7) is -0.139. The van der Waals surface area contributed by atoms with Gasteiger partial charge in [0, 0.05) is 0 Å². The molecule has 5 nitrogen and oxygen atoms in total. The zero-order valence-electron chi connectivity index (χ0n) is 7.36. The number of H-pyrrole nitrogens is 1. The van der Waals surface area contributed by atoms with Crippen molar-refractivity contribution >= 4 is 11.1 Å². The molecular formula is C9H10N2O3. The molecule has 0 amide bonds. The highest BCUT2D eigenvalue weighted by Crippen LogP contribution is 2.16. The van der Waals surface area contributed by atoms with Gasteiger partial charge in [-0.3, -0.25) is 4.98 Å². The SMILES string of the molecule is NC(CO)c1ccc2[nH]c(=O)oc2c1. The maximum absolute atomic E-state index is 10.8. The van der Waals surface area contributed by atoms with Crippen LogP contribution in [-0.2, 0) is 0 Å². The van der Waals surface area contributed by atoms with E-state index in [0.717, 1.165) is 5.56 Å². The third kappa shape index (κ3) is 1.43. The maximum atomic E-state index is 10.8. The van der Waals surface area contributed by atoms with E-state index in [1.54, 1.807) is 18.2 Å². The van der Waals surface area contributed by atoms with Gasteiger partial charge in [-0.15, -0.1) is 0 Å². The van der Waals surface area contributed by atoms with Crippen LogP contribution in [-0.4, -0.2) is 16.7 Å². The second kappa shape index (κ2) is 3.28. The van der Waals surface area contributed by atoms with E-state index in [-0.39, 0.29) is 6.61 Å². The van der Waals surface area contributed by atoms with E-state index in [1.807, 2.05) is 0 Å². The second-order valence-electron chi connectivity index (χ2n) is 3.06. The number of nitrogens with one attached hydrogen (secondary N) is 1. The van der Waals surface area contributed by atoms with E-state index in [0.29, 0.717) is 11.1 Å². The highest BCUT2D eigenvalue weighted by Gasteiger charge is 2.07. The number of rotatable bonds is 2. The van der Waals surface area contributed by atoms with E-state index in [2.05, 4.69) is 4.98 Å². The number of fused-ring (bicyclic) bond motifs is 1. The molecular weight excluding hydrogens is 184 g/mol. The number of hydrogen-bond acceptors (Lipinski definition) is 4. The molecule has 5 heteroatoms. The summed E-state index contributed by atoms with van der Waals surface area (Å²) in [4.78, 5) is 13.4. The molecule has 0 fully saturated rings. The first-order valence-corrected chi connectivity index (χ1v) is 4.20. The van der Waals surface area contributed by atoms with Gasteiger partial charge in [-0.1, -0.05) is 6.07 Å². The second-order valence-corrected chi connectivity index (χ2v) is 3.06. The monoisotopic (exact) mass is 194 g/mol. The van der Waals surface area contributed by atoms with Crippen molar-refractivity contribution in [3.63, 3.8) is 0 Å². The van der Waals surface area contributed by atoms with Gasteiger partial charge in [0.2, 0.25) is 0 Å². The lowest BCUT2D eigenvalue weighted by Gasteiger charge is -2.06. The van der Waals surface area contributed by atoms with E-state index in [1.165, 1.54) is 0 Å². The van der Waals surface area contributed by atoms with Gasteiger partial charge in [0.05, 0.1) is 18.2 Å². The van der Waals surface area contributed by atoms with Crippen LogP contribution in [0.2, 0.25) is 0 Å². The average molecular weight is 194 g/mol. The summed E-state index contributed by atoms with van der Waals surface area (Å²) in [5.74, 6) is -0.491. The molecule has 0 spiro atoms. The molecule has 1 aromatic heterocycles. The quantitative estimate of drug-likeness (QED) is 0.632. The minimum Gasteiger partial charge on any atom is -0.408 e. The molecule has 2 aromatic rings. The van der Waals surface area contributed by atoms with E-state index < -0.39 is 11.8 Å². The van der Waals surface area contributed by atoms with Crippen molar-refractivity contribution in [1.82, 2.24) is 4.98 Å². The van der Waals surface area contributed by atoms with E-state index >= 15 is 0 Å². The van der Waals surface area contributed by atoms with Crippen molar-refractivity contribution in [3.8, 4) is 0 Å². The minimum absolute atomic E-state index is 0.139. The molecule has 0 saturated heterocycles. The number of oxazole rings is 1. The highest BCUT2D eigenvalue weighted by atomic mass is 16.4. The molecule has 2 rings (SSSR count). The number of nitrogens with two attached hydrogens (primary N) is 1. The Morgan fingerprint density at radius 3 is 3.07 bits per heavy atom. The van der Waals surface area contributed by atoms with Crippen LogP contribution in [0.25, 0.3) is 11.1 Å². The van der Waals surface area contributed by atoms with Crippen molar-refractivity contribution in [2.45, 2.75) is 6.04 Å². The van der Waals surface area contributed by atoms with Crippen molar-refractivity contribution in [1.29, 1.82) is 0 Å². The van der Waals surface area contributed by atoms with Gasteiger partial charge in [-0.25, -0.2) is 4.79 Å². The molecule has 1 atom stereocenters. The van der Waals surface area contributed by atoms with Crippen molar-refractivity contribution < 1.29 is 9.52 Å². The van der Waals surface area contributed by atoms with Crippen LogP contribution in [0.4, 0.5) is 0 Å². The summed E-state index contributed by atoms with van der Waals surface area (Å²) >= 11 is 0. The predicted octanol–water partition coefficient (Wildman–Crippen LogP) is 0.113. The Labute approximate surface area is 79.2 Å². The number of benzene rings is 1. The molecule has 1 aromatic carbocycles. The van der Waals surface area contributed by atoms with Crippen LogP contribution in [0.1, 0.15) is 11.6 Å². The van der Waals surface area contributed by atoms with Gasteiger partial charge in [-0.2, -0.15) is 0 Å². The lowest BCUT2D eigenvalue weighted by atomic mass is 10.1. The molecule has 0 bridgehead atoms. The van der Waals surface area contributed by atoms with Crippen molar-refractivity contribution in [2.24, 2.45) is 5.73 Å². The first kappa shape index (κ1) is 8.98. The third-order valence-electron chi connectivity index (χ3n) is 2.07. The smallest absolute Gasteiger partial charge is 0.408 e. The number of aliphatic hydroxyl groups is 1. The van der Waals surface area contributed by atoms with Crippen LogP contribution in [0.15, 0.2) is 27.4 Å². The fraction of sp³-hybridized carbons (Fsp3) is 0.222. The molecule has 1 unspecified atom stereocenters. The first-order valence-electron chi connectivity index (χ1n) is 4.20. The van der Waals surface area contributed by atoms with Crippen LogP contribution < -0.4 is 11.5 Å². The molecule has 0 saturated carbocycles. The Morgan fingerprint density at radius 2 is 2.36 bits per heavy atom. The Balaban J connectivity index is 2.55. The first-order chi connectivity index (χ1) is 6.70. The Hall–Kier alpha value is -1.59. The number of hydrogen-bond donors (Lipinski definition) is 3. The molecule has 0 aliphatic rings. The summed E-state index contributed by atoms with van der Waals surface area (Å²) in [5, 5.41) is 8.84. The van der Waals surface area contributed by atoms with Gasteiger partial charge in [0.25, 0.3) is 0 Å². The molecule has 0 radical (unpaired) electrons. The highest BCUT2D eigenvalue weighted by molar-refractivity contribution is 5.72. The lowest BCUT2D eigenvalue weighted by molar-refractivity contribution is 0.268. The van der Waals surface area contributed by atoms with Crippen LogP contribution >= 0.6 is 0 Å². The van der Waals surface area contributed by atoms with Gasteiger partial charge in [0.1, 0.15) is 0 Å². The molecule has 74 valence electrons. The number of aliphatic hydroxyl groups excluding tert-OH is 1. The summed E-state index contributed by atoms with van der Waals surface area (Å²) in [6, 6.07) is 4.65. The Morgan fingerprint density at radius 1 is 1.57 bits per heavy atom. The van der Waals surface area contributed by atoms with Crippen LogP contribution in [0.5, 0.6) is 0 Å². The summed E-state index contributed by atoms with van der Waals surface area (Å²) < 4.78 is 4.85. The average Bonchev–Trinajstić information content (AvgIpc) is 2.55. The standard InChI is InChI=1S/C9H10N2O3/c10-6(4-12)5-1-2-7-8(3-5)14-9(13)11-7/h1-3,6,12H,4,10H2,(H,11,13). The largest absolute Gasteiger partial charge is 0.417 e. The number of aromatic amines is 1. The van der Waals surface area contributed by atoms with Gasteiger partial charge in [-0.05, 0) is 17.7 Å². The lowest BCUT2D eigenvalue weighted by Crippen LogP contribution is -2.14. The zero-order valence-corrected chi connectivity index (χ0v) is 7.36. The molecule has 0 aliphatic heterocycles. The van der Waals surface area contributed by atoms with E-state index in [4.69, 9.17) is 15.3 Å². The summed E-state index contributed by atoms with van der Waals surface area (Å²) in [7, 11) is 0.